The number of hydrogen-bond acceptors (Lipinski definition) is 3. The van der Waals surface area contributed by atoms with Crippen LogP contribution in [0.3, 0.4) is 0 Å². The first kappa shape index (κ1) is 13.4. The molecule has 1 aromatic rings. The van der Waals surface area contributed by atoms with Crippen LogP contribution in [0.25, 0.3) is 0 Å². The Balaban J connectivity index is 2.72. The van der Waals surface area contributed by atoms with Gasteiger partial charge in [0.05, 0.1) is 13.2 Å². The van der Waals surface area contributed by atoms with Crippen molar-refractivity contribution in [3.63, 3.8) is 0 Å². The first-order valence-corrected chi connectivity index (χ1v) is 5.20. The van der Waals surface area contributed by atoms with E-state index in [1.165, 1.54) is 26.4 Å². The summed E-state index contributed by atoms with van der Waals surface area (Å²) in [4.78, 5) is 11.3. The normalized spacial score (nSPS) is 12.0. The third kappa shape index (κ3) is 3.71. The quantitative estimate of drug-likeness (QED) is 0.852. The second-order valence-corrected chi connectivity index (χ2v) is 3.62. The van der Waals surface area contributed by atoms with Gasteiger partial charge in [-0.05, 0) is 24.6 Å². The lowest BCUT2D eigenvalue weighted by molar-refractivity contribution is -0.125. The molecule has 0 saturated heterocycles. The molecular formula is C12H16FNO3. The molecule has 0 aromatic heterocycles. The summed E-state index contributed by atoms with van der Waals surface area (Å²) in [6, 6.07) is 4.30. The summed E-state index contributed by atoms with van der Waals surface area (Å²) in [5.74, 6) is -0.502. The van der Waals surface area contributed by atoms with Crippen molar-refractivity contribution in [2.24, 2.45) is 0 Å². The Kier molecular flexibility index (Phi) is 4.90. The van der Waals surface area contributed by atoms with Crippen molar-refractivity contribution in [1.29, 1.82) is 0 Å². The van der Waals surface area contributed by atoms with Crippen LogP contribution in [0.4, 0.5) is 4.39 Å². The van der Waals surface area contributed by atoms with E-state index in [1.807, 2.05) is 0 Å². The molecule has 1 unspecified atom stereocenters. The minimum atomic E-state index is -0.446. The SMILES string of the molecule is COCC(=O)NC(C)c1ccc(OC)c(F)c1. The van der Waals surface area contributed by atoms with E-state index in [1.54, 1.807) is 13.0 Å². The molecule has 0 fully saturated rings. The zero-order valence-electron chi connectivity index (χ0n) is 10.1. The molecule has 0 aliphatic heterocycles. The Labute approximate surface area is 99.7 Å². The molecule has 5 heteroatoms. The molecule has 94 valence electrons. The minimum Gasteiger partial charge on any atom is -0.494 e. The van der Waals surface area contributed by atoms with Crippen LogP contribution in [0.5, 0.6) is 5.75 Å². The van der Waals surface area contributed by atoms with Crippen molar-refractivity contribution in [3.05, 3.63) is 29.6 Å². The molecule has 4 nitrogen and oxygen atoms in total. The predicted molar refractivity (Wildman–Crippen MR) is 61.4 cm³/mol. The number of nitrogens with one attached hydrogen (secondary N) is 1. The maximum absolute atomic E-state index is 13.4. The van der Waals surface area contributed by atoms with E-state index in [0.29, 0.717) is 5.56 Å². The van der Waals surface area contributed by atoms with Crippen LogP contribution in [-0.4, -0.2) is 26.7 Å². The number of hydrogen-bond donors (Lipinski definition) is 1. The standard InChI is InChI=1S/C12H16FNO3/c1-8(14-12(15)7-16-2)9-4-5-11(17-3)10(13)6-9/h4-6,8H,7H2,1-3H3,(H,14,15). The Hall–Kier alpha value is -1.62. The summed E-state index contributed by atoms with van der Waals surface area (Å²) in [6.07, 6.45) is 0. The molecule has 0 saturated carbocycles. The average Bonchev–Trinajstić information content (AvgIpc) is 2.29. The van der Waals surface area contributed by atoms with Crippen LogP contribution in [0.15, 0.2) is 18.2 Å². The highest BCUT2D eigenvalue weighted by Crippen LogP contribution is 2.21. The zero-order chi connectivity index (χ0) is 12.8. The van der Waals surface area contributed by atoms with Crippen LogP contribution >= 0.6 is 0 Å². The Morgan fingerprint density at radius 3 is 2.71 bits per heavy atom. The molecular weight excluding hydrogens is 225 g/mol. The molecule has 17 heavy (non-hydrogen) atoms. The maximum atomic E-state index is 13.4. The van der Waals surface area contributed by atoms with E-state index in [-0.39, 0.29) is 24.3 Å². The van der Waals surface area contributed by atoms with Gasteiger partial charge in [-0.2, -0.15) is 0 Å². The summed E-state index contributed by atoms with van der Waals surface area (Å²) in [5.41, 5.74) is 0.674. The van der Waals surface area contributed by atoms with Crippen LogP contribution in [0.2, 0.25) is 0 Å². The first-order valence-electron chi connectivity index (χ1n) is 5.20. The lowest BCUT2D eigenvalue weighted by Crippen LogP contribution is -2.29. The van der Waals surface area contributed by atoms with Gasteiger partial charge in [0.15, 0.2) is 11.6 Å². The minimum absolute atomic E-state index is 0.0109. The molecule has 1 atom stereocenters. The molecule has 1 rings (SSSR count). The van der Waals surface area contributed by atoms with Gasteiger partial charge in [-0.25, -0.2) is 4.39 Å². The molecule has 0 bridgehead atoms. The van der Waals surface area contributed by atoms with Gasteiger partial charge in [-0.1, -0.05) is 6.07 Å². The largest absolute Gasteiger partial charge is 0.494 e. The second-order valence-electron chi connectivity index (χ2n) is 3.62. The molecule has 1 aromatic carbocycles. The van der Waals surface area contributed by atoms with Gasteiger partial charge in [0.25, 0.3) is 0 Å². The van der Waals surface area contributed by atoms with E-state index < -0.39 is 5.82 Å². The number of methoxy groups -OCH3 is 2. The van der Waals surface area contributed by atoms with Crippen molar-refractivity contribution >= 4 is 5.91 Å². The van der Waals surface area contributed by atoms with Gasteiger partial charge in [0.1, 0.15) is 6.61 Å². The molecule has 0 aliphatic rings. The van der Waals surface area contributed by atoms with E-state index >= 15 is 0 Å². The highest BCUT2D eigenvalue weighted by Gasteiger charge is 2.11. The number of ether oxygens (including phenoxy) is 2. The average molecular weight is 241 g/mol. The first-order chi connectivity index (χ1) is 8.08. The van der Waals surface area contributed by atoms with E-state index in [9.17, 15) is 9.18 Å². The predicted octanol–water partition coefficient (Wildman–Crippen LogP) is 1.66. The van der Waals surface area contributed by atoms with Gasteiger partial charge >= 0.3 is 0 Å². The van der Waals surface area contributed by atoms with Gasteiger partial charge in [-0.3, -0.25) is 4.79 Å². The second kappa shape index (κ2) is 6.20. The number of carbonyl (C=O) groups is 1. The van der Waals surface area contributed by atoms with E-state index in [0.717, 1.165) is 0 Å². The fraction of sp³-hybridized carbons (Fsp3) is 0.417. The lowest BCUT2D eigenvalue weighted by Gasteiger charge is -2.14. The zero-order valence-corrected chi connectivity index (χ0v) is 10.1. The Morgan fingerprint density at radius 2 is 2.18 bits per heavy atom. The Morgan fingerprint density at radius 1 is 1.47 bits per heavy atom. The highest BCUT2D eigenvalue weighted by molar-refractivity contribution is 5.77. The molecule has 0 aliphatic carbocycles. The number of halogens is 1. The van der Waals surface area contributed by atoms with Crippen molar-refractivity contribution in [2.45, 2.75) is 13.0 Å². The Bertz CT molecular complexity index is 395. The van der Waals surface area contributed by atoms with E-state index in [4.69, 9.17) is 9.47 Å². The third-order valence-corrected chi connectivity index (χ3v) is 2.33. The molecule has 1 amide bonds. The number of rotatable bonds is 5. The topological polar surface area (TPSA) is 47.6 Å². The highest BCUT2D eigenvalue weighted by atomic mass is 19.1. The fourth-order valence-corrected chi connectivity index (χ4v) is 1.45. The van der Waals surface area contributed by atoms with Crippen LogP contribution in [-0.2, 0) is 9.53 Å². The monoisotopic (exact) mass is 241 g/mol. The molecule has 0 spiro atoms. The lowest BCUT2D eigenvalue weighted by atomic mass is 10.1. The fourth-order valence-electron chi connectivity index (χ4n) is 1.45. The summed E-state index contributed by atoms with van der Waals surface area (Å²) in [5, 5.41) is 2.69. The summed E-state index contributed by atoms with van der Waals surface area (Å²) in [6.45, 7) is 1.76. The maximum Gasteiger partial charge on any atom is 0.246 e. The number of carbonyl (C=O) groups excluding carboxylic acids is 1. The van der Waals surface area contributed by atoms with E-state index in [2.05, 4.69) is 5.32 Å². The number of benzene rings is 1. The van der Waals surface area contributed by atoms with Crippen molar-refractivity contribution in [1.82, 2.24) is 5.32 Å². The van der Waals surface area contributed by atoms with Crippen molar-refractivity contribution < 1.29 is 18.7 Å². The molecule has 0 heterocycles. The molecule has 1 N–H and O–H groups in total. The van der Waals surface area contributed by atoms with Gasteiger partial charge < -0.3 is 14.8 Å². The van der Waals surface area contributed by atoms with Gasteiger partial charge in [0.2, 0.25) is 5.91 Å². The van der Waals surface area contributed by atoms with Crippen molar-refractivity contribution in [2.75, 3.05) is 20.8 Å². The van der Waals surface area contributed by atoms with Crippen LogP contribution in [0, 0.1) is 5.82 Å². The van der Waals surface area contributed by atoms with Gasteiger partial charge in [-0.15, -0.1) is 0 Å². The van der Waals surface area contributed by atoms with Gasteiger partial charge in [0, 0.05) is 7.11 Å². The van der Waals surface area contributed by atoms with Crippen molar-refractivity contribution in [3.8, 4) is 5.75 Å². The third-order valence-electron chi connectivity index (χ3n) is 2.33. The van der Waals surface area contributed by atoms with Crippen LogP contribution < -0.4 is 10.1 Å². The van der Waals surface area contributed by atoms with Crippen LogP contribution in [0.1, 0.15) is 18.5 Å². The summed E-state index contributed by atoms with van der Waals surface area (Å²) >= 11 is 0. The smallest absolute Gasteiger partial charge is 0.246 e. The molecule has 0 radical (unpaired) electrons. The summed E-state index contributed by atoms with van der Waals surface area (Å²) in [7, 11) is 2.85. The number of amides is 1. The summed E-state index contributed by atoms with van der Waals surface area (Å²) < 4.78 is 22.9.